The number of nitrogens with zero attached hydrogens (tertiary/aromatic N) is 3. The maximum absolute atomic E-state index is 12.6. The van der Waals surface area contributed by atoms with Crippen LogP contribution in [0.2, 0.25) is 0 Å². The molecule has 0 unspecified atom stereocenters. The van der Waals surface area contributed by atoms with Crippen LogP contribution >= 0.6 is 12.2 Å². The van der Waals surface area contributed by atoms with Gasteiger partial charge in [0.1, 0.15) is 5.75 Å². The number of carbonyl (C=O) groups excluding carboxylic acids is 1. The van der Waals surface area contributed by atoms with E-state index in [4.69, 9.17) is 17.0 Å². The Labute approximate surface area is 228 Å². The first-order valence-electron chi connectivity index (χ1n) is 12.5. The van der Waals surface area contributed by atoms with E-state index in [2.05, 4.69) is 55.7 Å². The molecule has 0 saturated carbocycles. The Bertz CT molecular complexity index is 1450. The van der Waals surface area contributed by atoms with Gasteiger partial charge in [-0.2, -0.15) is 0 Å². The first-order chi connectivity index (χ1) is 18.3. The third-order valence-electron chi connectivity index (χ3n) is 6.60. The number of rotatable bonds is 6. The van der Waals surface area contributed by atoms with Gasteiger partial charge < -0.3 is 24.8 Å². The Kier molecular flexibility index (Phi) is 6.91. The van der Waals surface area contributed by atoms with Crippen molar-refractivity contribution in [2.75, 3.05) is 17.3 Å². The number of benzene rings is 2. The Balaban J connectivity index is 1.56. The fourth-order valence-corrected chi connectivity index (χ4v) is 4.91. The van der Waals surface area contributed by atoms with E-state index in [0.717, 1.165) is 22.6 Å². The molecule has 2 atom stereocenters. The van der Waals surface area contributed by atoms with Gasteiger partial charge in [-0.05, 0) is 60.2 Å². The number of amides is 1. The van der Waals surface area contributed by atoms with Gasteiger partial charge in [-0.1, -0.05) is 45.0 Å². The van der Waals surface area contributed by atoms with Crippen LogP contribution in [0.5, 0.6) is 5.75 Å². The van der Waals surface area contributed by atoms with Crippen LogP contribution in [0.3, 0.4) is 0 Å². The fourth-order valence-electron chi connectivity index (χ4n) is 4.56. The molecule has 2 N–H and O–H groups in total. The standard InChI is InChI=1S/C30H31N5O2S/c1-30(2,3)28(36)32-23-14-13-22(18-25(23)37-4)35-27(26(33-29(35)38)24-12-8-9-16-31-24)20-15-17-34(19-20)21-10-6-5-7-11-21/h5-19,26-27H,1-4H3,(H,32,36)(H,33,38)/t26-,27+/m0/s1. The molecule has 0 radical (unpaired) electrons. The maximum atomic E-state index is 12.6. The van der Waals surface area contributed by atoms with Gasteiger partial charge in [-0.3, -0.25) is 9.78 Å². The van der Waals surface area contributed by atoms with Gasteiger partial charge in [-0.15, -0.1) is 0 Å². The Morgan fingerprint density at radius 1 is 1.03 bits per heavy atom. The average Bonchev–Trinajstić information content (AvgIpc) is 3.54. The van der Waals surface area contributed by atoms with Gasteiger partial charge in [-0.25, -0.2) is 0 Å². The van der Waals surface area contributed by atoms with Crippen LogP contribution in [0.15, 0.2) is 91.4 Å². The first kappa shape index (κ1) is 25.5. The minimum absolute atomic E-state index is 0.0859. The van der Waals surface area contributed by atoms with Crippen LogP contribution in [0.1, 0.15) is 44.1 Å². The van der Waals surface area contributed by atoms with Crippen LogP contribution < -0.4 is 20.3 Å². The lowest BCUT2D eigenvalue weighted by atomic mass is 9.95. The van der Waals surface area contributed by atoms with Crippen LogP contribution in [0.25, 0.3) is 5.69 Å². The molecule has 0 aliphatic carbocycles. The highest BCUT2D eigenvalue weighted by Gasteiger charge is 2.41. The Morgan fingerprint density at radius 3 is 2.47 bits per heavy atom. The quantitative estimate of drug-likeness (QED) is 0.299. The molecule has 7 nitrogen and oxygen atoms in total. The van der Waals surface area contributed by atoms with Crippen molar-refractivity contribution in [3.8, 4) is 11.4 Å². The highest BCUT2D eigenvalue weighted by Crippen LogP contribution is 2.43. The molecule has 5 rings (SSSR count). The molecule has 2 aromatic carbocycles. The SMILES string of the molecule is COc1cc(N2C(=S)N[C@@H](c3ccccn3)[C@H]2c2ccn(-c3ccccc3)c2)ccc1NC(=O)C(C)(C)C. The predicted molar refractivity (Wildman–Crippen MR) is 155 cm³/mol. The summed E-state index contributed by atoms with van der Waals surface area (Å²) in [7, 11) is 1.60. The van der Waals surface area contributed by atoms with E-state index in [9.17, 15) is 4.79 Å². The molecular weight excluding hydrogens is 494 g/mol. The zero-order chi connectivity index (χ0) is 26.9. The fraction of sp³-hybridized carbons (Fsp3) is 0.233. The highest BCUT2D eigenvalue weighted by atomic mass is 32.1. The maximum Gasteiger partial charge on any atom is 0.229 e. The van der Waals surface area contributed by atoms with Crippen molar-refractivity contribution in [2.24, 2.45) is 5.41 Å². The largest absolute Gasteiger partial charge is 0.494 e. The number of methoxy groups -OCH3 is 1. The molecule has 0 spiro atoms. The van der Waals surface area contributed by atoms with Crippen molar-refractivity contribution >= 4 is 34.6 Å². The summed E-state index contributed by atoms with van der Waals surface area (Å²) < 4.78 is 7.79. The molecule has 1 saturated heterocycles. The summed E-state index contributed by atoms with van der Waals surface area (Å²) in [6, 6.07) is 23.6. The summed E-state index contributed by atoms with van der Waals surface area (Å²) in [5.74, 6) is 0.474. The molecule has 3 heterocycles. The van der Waals surface area contributed by atoms with Crippen molar-refractivity contribution < 1.29 is 9.53 Å². The monoisotopic (exact) mass is 525 g/mol. The molecular formula is C30H31N5O2S. The van der Waals surface area contributed by atoms with Crippen molar-refractivity contribution in [2.45, 2.75) is 32.9 Å². The molecule has 2 aromatic heterocycles. The van der Waals surface area contributed by atoms with Crippen molar-refractivity contribution in [3.05, 3.63) is 103 Å². The van der Waals surface area contributed by atoms with Crippen LogP contribution in [0.4, 0.5) is 11.4 Å². The number of carbonyl (C=O) groups is 1. The normalized spacial score (nSPS) is 17.3. The summed E-state index contributed by atoms with van der Waals surface area (Å²) >= 11 is 5.88. The molecule has 1 aliphatic heterocycles. The molecule has 0 bridgehead atoms. The van der Waals surface area contributed by atoms with Gasteiger partial charge >= 0.3 is 0 Å². The molecule has 1 amide bonds. The van der Waals surface area contributed by atoms with Crippen LogP contribution in [0, 0.1) is 5.41 Å². The van der Waals surface area contributed by atoms with E-state index in [1.165, 1.54) is 0 Å². The molecule has 38 heavy (non-hydrogen) atoms. The molecule has 1 fully saturated rings. The van der Waals surface area contributed by atoms with E-state index in [-0.39, 0.29) is 18.0 Å². The number of aromatic nitrogens is 2. The first-order valence-corrected chi connectivity index (χ1v) is 12.9. The summed E-state index contributed by atoms with van der Waals surface area (Å²) in [4.78, 5) is 19.4. The number of nitrogens with one attached hydrogen (secondary N) is 2. The van der Waals surface area contributed by atoms with E-state index in [0.29, 0.717) is 16.5 Å². The zero-order valence-corrected chi connectivity index (χ0v) is 22.7. The van der Waals surface area contributed by atoms with Crippen molar-refractivity contribution in [3.63, 3.8) is 0 Å². The molecule has 8 heteroatoms. The smallest absolute Gasteiger partial charge is 0.229 e. The number of hydrogen-bond donors (Lipinski definition) is 2. The van der Waals surface area contributed by atoms with Gasteiger partial charge in [0.05, 0.1) is 30.6 Å². The van der Waals surface area contributed by atoms with Crippen molar-refractivity contribution in [1.29, 1.82) is 0 Å². The van der Waals surface area contributed by atoms with Gasteiger partial charge in [0.2, 0.25) is 5.91 Å². The number of hydrogen-bond acceptors (Lipinski definition) is 4. The van der Waals surface area contributed by atoms with Crippen molar-refractivity contribution in [1.82, 2.24) is 14.9 Å². The Morgan fingerprint density at radius 2 is 1.79 bits per heavy atom. The van der Waals surface area contributed by atoms with Gasteiger partial charge in [0.15, 0.2) is 5.11 Å². The van der Waals surface area contributed by atoms with Crippen LogP contribution in [-0.4, -0.2) is 27.7 Å². The van der Waals surface area contributed by atoms with Gasteiger partial charge in [0, 0.05) is 41.4 Å². The topological polar surface area (TPSA) is 71.4 Å². The minimum atomic E-state index is -0.531. The molecule has 194 valence electrons. The van der Waals surface area contributed by atoms with E-state index < -0.39 is 5.41 Å². The molecule has 4 aromatic rings. The third kappa shape index (κ3) is 4.99. The summed E-state index contributed by atoms with van der Waals surface area (Å²) in [5.41, 5.74) is 3.99. The van der Waals surface area contributed by atoms with E-state index in [1.807, 2.05) is 75.4 Å². The predicted octanol–water partition coefficient (Wildman–Crippen LogP) is 6.04. The second-order valence-electron chi connectivity index (χ2n) is 10.3. The Hall–Kier alpha value is -4.17. The second kappa shape index (κ2) is 10.3. The lowest BCUT2D eigenvalue weighted by Crippen LogP contribution is -2.30. The lowest BCUT2D eigenvalue weighted by Gasteiger charge is -2.28. The third-order valence-corrected chi connectivity index (χ3v) is 6.92. The number of pyridine rings is 1. The summed E-state index contributed by atoms with van der Waals surface area (Å²) in [6.45, 7) is 5.63. The minimum Gasteiger partial charge on any atom is -0.494 e. The number of ether oxygens (including phenoxy) is 1. The summed E-state index contributed by atoms with van der Waals surface area (Å²) in [6.07, 6.45) is 5.99. The van der Waals surface area contributed by atoms with Gasteiger partial charge in [0.25, 0.3) is 0 Å². The van der Waals surface area contributed by atoms with E-state index >= 15 is 0 Å². The number of thiocarbonyl (C=S) groups is 1. The highest BCUT2D eigenvalue weighted by molar-refractivity contribution is 7.80. The number of para-hydroxylation sites is 1. The second-order valence-corrected chi connectivity index (χ2v) is 10.7. The summed E-state index contributed by atoms with van der Waals surface area (Å²) in [5, 5.41) is 7.07. The van der Waals surface area contributed by atoms with E-state index in [1.54, 1.807) is 13.3 Å². The molecule has 1 aliphatic rings. The lowest BCUT2D eigenvalue weighted by molar-refractivity contribution is -0.123. The van der Waals surface area contributed by atoms with Crippen LogP contribution in [-0.2, 0) is 4.79 Å². The average molecular weight is 526 g/mol. The number of anilines is 2. The zero-order valence-electron chi connectivity index (χ0n) is 21.9.